The summed E-state index contributed by atoms with van der Waals surface area (Å²) < 4.78 is 7.09. The summed E-state index contributed by atoms with van der Waals surface area (Å²) in [5.41, 5.74) is 6.28. The zero-order chi connectivity index (χ0) is 14.0. The number of hydrogen-bond acceptors (Lipinski definition) is 4. The summed E-state index contributed by atoms with van der Waals surface area (Å²) in [6.45, 7) is 5.45. The van der Waals surface area contributed by atoms with Gasteiger partial charge in [0.2, 0.25) is 5.90 Å². The van der Waals surface area contributed by atoms with Gasteiger partial charge in [0.25, 0.3) is 0 Å². The molecule has 3 rings (SSSR count). The van der Waals surface area contributed by atoms with Crippen LogP contribution in [0, 0.1) is 0 Å². The molecule has 0 aromatic carbocycles. The highest BCUT2D eigenvalue weighted by Gasteiger charge is 2.37. The Labute approximate surface area is 122 Å². The van der Waals surface area contributed by atoms with Crippen molar-refractivity contribution in [2.75, 3.05) is 39.8 Å². The quantitative estimate of drug-likeness (QED) is 0.789. The van der Waals surface area contributed by atoms with Gasteiger partial charge in [-0.25, -0.2) is 0 Å². The molecule has 5 heteroatoms. The number of hydrogen-bond donors (Lipinski definition) is 1. The zero-order valence-electron chi connectivity index (χ0n) is 12.8. The molecule has 3 heterocycles. The topological polar surface area (TPSA) is 50.8 Å². The van der Waals surface area contributed by atoms with E-state index in [9.17, 15) is 0 Å². The number of likely N-dealkylation sites (tertiary alicyclic amines) is 1. The number of rotatable bonds is 3. The molecule has 0 saturated carbocycles. The minimum absolute atomic E-state index is 0.0121. The third-order valence-electron chi connectivity index (χ3n) is 5.22. The summed E-state index contributed by atoms with van der Waals surface area (Å²) in [7, 11) is 2.35. The number of nitrogens with two attached hydrogens (primary N) is 1. The van der Waals surface area contributed by atoms with Gasteiger partial charge in [0.1, 0.15) is 19.2 Å². The molecule has 5 nitrogen and oxygen atoms in total. The third-order valence-corrected chi connectivity index (χ3v) is 5.22. The number of nitrogens with zero attached hydrogens (tertiary/aromatic N) is 3. The van der Waals surface area contributed by atoms with Gasteiger partial charge in [0, 0.05) is 6.54 Å². The maximum absolute atomic E-state index is 6.28. The van der Waals surface area contributed by atoms with Gasteiger partial charge in [-0.15, -0.1) is 5.10 Å². The van der Waals surface area contributed by atoms with Crippen LogP contribution in [0.25, 0.3) is 0 Å². The molecule has 2 fully saturated rings. The van der Waals surface area contributed by atoms with E-state index in [2.05, 4.69) is 17.2 Å². The minimum atomic E-state index is -0.0121. The fraction of sp³-hybridized carbons (Fsp3) is 0.933. The highest BCUT2D eigenvalue weighted by Crippen LogP contribution is 2.25. The van der Waals surface area contributed by atoms with Gasteiger partial charge < -0.3 is 15.0 Å². The predicted octanol–water partition coefficient (Wildman–Crippen LogP) is 1.14. The molecular formula is C15H29N4O+. The summed E-state index contributed by atoms with van der Waals surface area (Å²) in [6.07, 6.45) is 7.76. The smallest absolute Gasteiger partial charge is 0.225 e. The first-order valence-electron chi connectivity index (χ1n) is 8.25. The van der Waals surface area contributed by atoms with E-state index in [1.165, 1.54) is 45.2 Å². The molecule has 0 radical (unpaired) electrons. The highest BCUT2D eigenvalue weighted by atomic mass is 16.5. The van der Waals surface area contributed by atoms with Crippen molar-refractivity contribution in [3.05, 3.63) is 0 Å². The van der Waals surface area contributed by atoms with Crippen LogP contribution >= 0.6 is 0 Å². The first-order valence-corrected chi connectivity index (χ1v) is 8.25. The van der Waals surface area contributed by atoms with Crippen molar-refractivity contribution >= 4 is 5.90 Å². The molecule has 0 aromatic heterocycles. The molecule has 20 heavy (non-hydrogen) atoms. The summed E-state index contributed by atoms with van der Waals surface area (Å²) >= 11 is 0. The van der Waals surface area contributed by atoms with E-state index in [4.69, 9.17) is 10.5 Å². The van der Waals surface area contributed by atoms with Crippen molar-refractivity contribution in [3.63, 3.8) is 0 Å². The van der Waals surface area contributed by atoms with Crippen molar-refractivity contribution in [2.45, 2.75) is 50.6 Å². The van der Waals surface area contributed by atoms with Crippen LogP contribution in [0.15, 0.2) is 5.10 Å². The van der Waals surface area contributed by atoms with Crippen LogP contribution in [0.5, 0.6) is 0 Å². The molecule has 2 unspecified atom stereocenters. The number of fused-ring (bicyclic) bond motifs is 1. The fourth-order valence-electron chi connectivity index (χ4n) is 3.78. The summed E-state index contributed by atoms with van der Waals surface area (Å²) in [5, 5.41) is 6.75. The van der Waals surface area contributed by atoms with Crippen LogP contribution in [0.3, 0.4) is 0 Å². The van der Waals surface area contributed by atoms with Crippen LogP contribution in [0.1, 0.15) is 38.5 Å². The molecule has 0 spiro atoms. The van der Waals surface area contributed by atoms with E-state index in [1.54, 1.807) is 0 Å². The third kappa shape index (κ3) is 2.93. The van der Waals surface area contributed by atoms with E-state index in [1.807, 2.05) is 0 Å². The molecular weight excluding hydrogens is 252 g/mol. The second-order valence-corrected chi connectivity index (χ2v) is 6.89. The molecule has 114 valence electrons. The summed E-state index contributed by atoms with van der Waals surface area (Å²) in [5.74, 6) is 0.778. The molecule has 0 aromatic rings. The Morgan fingerprint density at radius 2 is 2.05 bits per heavy atom. The lowest BCUT2D eigenvalue weighted by Gasteiger charge is -2.37. The van der Waals surface area contributed by atoms with Gasteiger partial charge in [-0.05, 0) is 38.5 Å². The van der Waals surface area contributed by atoms with Crippen LogP contribution in [-0.2, 0) is 4.74 Å². The van der Waals surface area contributed by atoms with Gasteiger partial charge in [0.05, 0.1) is 26.2 Å². The molecule has 2 N–H and O–H groups in total. The number of quaternary nitrogens is 1. The van der Waals surface area contributed by atoms with Crippen molar-refractivity contribution in [2.24, 2.45) is 10.8 Å². The largest absolute Gasteiger partial charge is 0.473 e. The molecule has 0 aliphatic carbocycles. The molecule has 2 atom stereocenters. The van der Waals surface area contributed by atoms with Crippen LogP contribution < -0.4 is 5.73 Å². The van der Waals surface area contributed by atoms with E-state index in [0.29, 0.717) is 6.04 Å². The number of ether oxygens (including phenoxy) is 1. The van der Waals surface area contributed by atoms with E-state index in [-0.39, 0.29) is 6.04 Å². The SMILES string of the molecule is C[N+]1(CCOC2=NN3CCCCC3C2N)CCCCC1. The van der Waals surface area contributed by atoms with Gasteiger partial charge in [-0.3, -0.25) is 5.01 Å². The summed E-state index contributed by atoms with van der Waals surface area (Å²) in [6, 6.07) is 0.375. The molecule has 2 saturated heterocycles. The minimum Gasteiger partial charge on any atom is -0.473 e. The van der Waals surface area contributed by atoms with Crippen molar-refractivity contribution in [3.8, 4) is 0 Å². The number of piperidine rings is 2. The van der Waals surface area contributed by atoms with Crippen LogP contribution in [-0.4, -0.2) is 67.3 Å². The first-order chi connectivity index (χ1) is 9.68. The zero-order valence-corrected chi connectivity index (χ0v) is 12.8. The van der Waals surface area contributed by atoms with E-state index in [0.717, 1.165) is 36.5 Å². The van der Waals surface area contributed by atoms with Crippen molar-refractivity contribution in [1.29, 1.82) is 0 Å². The normalized spacial score (nSPS) is 32.7. The van der Waals surface area contributed by atoms with Crippen molar-refractivity contribution < 1.29 is 9.22 Å². The Bertz CT molecular complexity index is 365. The maximum atomic E-state index is 6.28. The summed E-state index contributed by atoms with van der Waals surface area (Å²) in [4.78, 5) is 0. The lowest BCUT2D eigenvalue weighted by Crippen LogP contribution is -2.50. The Kier molecular flexibility index (Phi) is 4.17. The monoisotopic (exact) mass is 281 g/mol. The predicted molar refractivity (Wildman–Crippen MR) is 80.3 cm³/mol. The first kappa shape index (κ1) is 14.1. The average molecular weight is 281 g/mol. The van der Waals surface area contributed by atoms with Crippen LogP contribution in [0.2, 0.25) is 0 Å². The fourth-order valence-corrected chi connectivity index (χ4v) is 3.78. The standard InChI is InChI=1S/C15H29N4O/c1-19(9-5-2-6-10-19)11-12-20-15-14(16)13-7-3-4-8-18(13)17-15/h13-14H,2-12,16H2,1H3/q+1. The van der Waals surface area contributed by atoms with Gasteiger partial charge in [0.15, 0.2) is 0 Å². The van der Waals surface area contributed by atoms with E-state index >= 15 is 0 Å². The maximum Gasteiger partial charge on any atom is 0.225 e. The Balaban J connectivity index is 1.48. The second kappa shape index (κ2) is 5.90. The lowest BCUT2D eigenvalue weighted by atomic mass is 9.99. The second-order valence-electron chi connectivity index (χ2n) is 6.89. The Morgan fingerprint density at radius 3 is 2.80 bits per heavy atom. The molecule has 3 aliphatic rings. The molecule has 0 amide bonds. The molecule has 0 bridgehead atoms. The highest BCUT2D eigenvalue weighted by molar-refractivity contribution is 5.83. The van der Waals surface area contributed by atoms with E-state index < -0.39 is 0 Å². The van der Waals surface area contributed by atoms with Crippen molar-refractivity contribution in [1.82, 2.24) is 5.01 Å². The Hall–Kier alpha value is -0.810. The molecule has 3 aliphatic heterocycles. The van der Waals surface area contributed by atoms with Gasteiger partial charge >= 0.3 is 0 Å². The number of likely N-dealkylation sites (N-methyl/N-ethyl adjacent to an activating group) is 1. The number of hydrazone groups is 1. The lowest BCUT2D eigenvalue weighted by molar-refractivity contribution is -0.914. The van der Waals surface area contributed by atoms with Crippen LogP contribution in [0.4, 0.5) is 0 Å². The average Bonchev–Trinajstić information content (AvgIpc) is 2.77. The van der Waals surface area contributed by atoms with Gasteiger partial charge in [-0.2, -0.15) is 0 Å². The Morgan fingerprint density at radius 1 is 1.25 bits per heavy atom. The van der Waals surface area contributed by atoms with Gasteiger partial charge in [-0.1, -0.05) is 0 Å².